The van der Waals surface area contributed by atoms with Crippen LogP contribution in [-0.2, 0) is 11.2 Å². The van der Waals surface area contributed by atoms with Crippen LogP contribution in [0.4, 0.5) is 5.69 Å². The fourth-order valence-corrected chi connectivity index (χ4v) is 2.51. The molecule has 1 saturated heterocycles. The van der Waals surface area contributed by atoms with Gasteiger partial charge in [-0.25, -0.2) is 0 Å². The molecule has 0 spiro atoms. The third kappa shape index (κ3) is 4.04. The van der Waals surface area contributed by atoms with Crippen molar-refractivity contribution in [3.8, 4) is 0 Å². The Morgan fingerprint density at radius 3 is 2.95 bits per heavy atom. The van der Waals surface area contributed by atoms with Gasteiger partial charge in [-0.2, -0.15) is 4.98 Å². The number of hydrogen-bond acceptors (Lipinski definition) is 5. The molecule has 0 amide bonds. The van der Waals surface area contributed by atoms with Gasteiger partial charge in [-0.15, -0.1) is 0 Å². The fourth-order valence-electron chi connectivity index (χ4n) is 2.51. The van der Waals surface area contributed by atoms with Crippen LogP contribution in [-0.4, -0.2) is 29.9 Å². The molecule has 1 aromatic carbocycles. The molecule has 1 N–H and O–H groups in total. The number of nitrogens with zero attached hydrogens (tertiary/aromatic N) is 2. The summed E-state index contributed by atoms with van der Waals surface area (Å²) in [5.41, 5.74) is 1.14. The Morgan fingerprint density at radius 2 is 2.14 bits per heavy atom. The van der Waals surface area contributed by atoms with Gasteiger partial charge in [0.05, 0.1) is 6.61 Å². The average Bonchev–Trinajstić information content (AvgIpc) is 3.02. The van der Waals surface area contributed by atoms with Crippen molar-refractivity contribution in [2.24, 2.45) is 0 Å². The lowest BCUT2D eigenvalue weighted by Crippen LogP contribution is -2.16. The number of anilines is 1. The highest BCUT2D eigenvalue weighted by Gasteiger charge is 2.21. The lowest BCUT2D eigenvalue weighted by molar-refractivity contribution is 0.0773. The first-order valence-corrected chi connectivity index (χ1v) is 7.61. The number of ether oxygens (including phenoxy) is 1. The molecule has 1 aliphatic heterocycles. The molecule has 5 nitrogen and oxygen atoms in total. The summed E-state index contributed by atoms with van der Waals surface area (Å²) in [6.45, 7) is 2.47. The summed E-state index contributed by atoms with van der Waals surface area (Å²) in [6, 6.07) is 10.2. The summed E-state index contributed by atoms with van der Waals surface area (Å²) in [6.07, 6.45) is 3.95. The second kappa shape index (κ2) is 7.22. The predicted octanol–water partition coefficient (Wildman–Crippen LogP) is 3.01. The Kier molecular flexibility index (Phi) is 4.84. The Hall–Kier alpha value is -1.88. The molecule has 1 atom stereocenters. The molecule has 0 radical (unpaired) electrons. The first-order chi connectivity index (χ1) is 10.4. The number of aryl methyl sites for hydroxylation is 1. The highest BCUT2D eigenvalue weighted by Crippen LogP contribution is 2.23. The second-order valence-corrected chi connectivity index (χ2v) is 5.36. The van der Waals surface area contributed by atoms with Crippen LogP contribution in [0, 0.1) is 0 Å². The number of rotatable bonds is 6. The van der Waals surface area contributed by atoms with Crippen LogP contribution >= 0.6 is 0 Å². The fraction of sp³-hybridized carbons (Fsp3) is 0.500. The highest BCUT2D eigenvalue weighted by molar-refractivity contribution is 5.42. The van der Waals surface area contributed by atoms with E-state index >= 15 is 0 Å². The number of aromatic nitrogens is 2. The third-order valence-corrected chi connectivity index (χ3v) is 3.68. The Labute approximate surface area is 124 Å². The van der Waals surface area contributed by atoms with Crippen molar-refractivity contribution >= 4 is 5.69 Å². The van der Waals surface area contributed by atoms with E-state index in [1.165, 1.54) is 0 Å². The molecule has 112 valence electrons. The number of para-hydroxylation sites is 1. The van der Waals surface area contributed by atoms with E-state index in [1.807, 2.05) is 18.2 Å². The molecular weight excluding hydrogens is 266 g/mol. The highest BCUT2D eigenvalue weighted by atomic mass is 16.5. The molecule has 3 rings (SSSR count). The molecule has 2 heterocycles. The second-order valence-electron chi connectivity index (χ2n) is 5.36. The molecule has 0 bridgehead atoms. The maximum Gasteiger partial charge on any atom is 0.226 e. The van der Waals surface area contributed by atoms with E-state index in [9.17, 15) is 0 Å². The normalized spacial score (nSPS) is 18.6. The van der Waals surface area contributed by atoms with Crippen molar-refractivity contribution in [3.05, 3.63) is 42.0 Å². The minimum absolute atomic E-state index is 0.304. The molecule has 1 aromatic heterocycles. The zero-order valence-corrected chi connectivity index (χ0v) is 12.1. The summed E-state index contributed by atoms with van der Waals surface area (Å²) < 4.78 is 10.8. The van der Waals surface area contributed by atoms with Crippen LogP contribution in [0.3, 0.4) is 0 Å². The van der Waals surface area contributed by atoms with E-state index < -0.39 is 0 Å². The van der Waals surface area contributed by atoms with Gasteiger partial charge in [0.25, 0.3) is 0 Å². The lowest BCUT2D eigenvalue weighted by atomic mass is 10.0. The van der Waals surface area contributed by atoms with E-state index in [-0.39, 0.29) is 0 Å². The minimum atomic E-state index is 0.304. The Balaban J connectivity index is 1.42. The molecule has 1 unspecified atom stereocenters. The SMILES string of the molecule is c1ccc(NCCCc2nc(C3CCCOC3)no2)cc1. The molecule has 0 saturated carbocycles. The minimum Gasteiger partial charge on any atom is -0.385 e. The van der Waals surface area contributed by atoms with Crippen molar-refractivity contribution in [2.45, 2.75) is 31.6 Å². The molecule has 0 aliphatic carbocycles. The molecule has 5 heteroatoms. The molecule has 2 aromatic rings. The molecule has 21 heavy (non-hydrogen) atoms. The first-order valence-electron chi connectivity index (χ1n) is 7.61. The van der Waals surface area contributed by atoms with Gasteiger partial charge in [0.1, 0.15) is 0 Å². The van der Waals surface area contributed by atoms with Crippen molar-refractivity contribution in [1.82, 2.24) is 10.1 Å². The monoisotopic (exact) mass is 287 g/mol. The average molecular weight is 287 g/mol. The number of hydrogen-bond donors (Lipinski definition) is 1. The molecule has 1 aliphatic rings. The van der Waals surface area contributed by atoms with Gasteiger partial charge in [0, 0.05) is 31.2 Å². The van der Waals surface area contributed by atoms with Crippen LogP contribution in [0.2, 0.25) is 0 Å². The maximum absolute atomic E-state index is 5.46. The zero-order chi connectivity index (χ0) is 14.3. The molecular formula is C16H21N3O2. The summed E-state index contributed by atoms with van der Waals surface area (Å²) >= 11 is 0. The number of nitrogens with one attached hydrogen (secondary N) is 1. The smallest absolute Gasteiger partial charge is 0.226 e. The Bertz CT molecular complexity index is 535. The van der Waals surface area contributed by atoms with Crippen molar-refractivity contribution in [3.63, 3.8) is 0 Å². The summed E-state index contributed by atoms with van der Waals surface area (Å²) in [7, 11) is 0. The third-order valence-electron chi connectivity index (χ3n) is 3.68. The van der Waals surface area contributed by atoms with Crippen molar-refractivity contribution in [1.29, 1.82) is 0 Å². The van der Waals surface area contributed by atoms with Crippen molar-refractivity contribution in [2.75, 3.05) is 25.1 Å². The predicted molar refractivity (Wildman–Crippen MR) is 80.3 cm³/mol. The van der Waals surface area contributed by atoms with E-state index in [0.29, 0.717) is 12.5 Å². The summed E-state index contributed by atoms with van der Waals surface area (Å²) in [5, 5.41) is 7.47. The topological polar surface area (TPSA) is 60.2 Å². The van der Waals surface area contributed by atoms with Crippen LogP contribution in [0.25, 0.3) is 0 Å². The van der Waals surface area contributed by atoms with Gasteiger partial charge in [-0.3, -0.25) is 0 Å². The van der Waals surface area contributed by atoms with E-state index in [2.05, 4.69) is 27.6 Å². The van der Waals surface area contributed by atoms with Gasteiger partial charge < -0.3 is 14.6 Å². The first kappa shape index (κ1) is 14.1. The van der Waals surface area contributed by atoms with Crippen LogP contribution < -0.4 is 5.32 Å². The van der Waals surface area contributed by atoms with Gasteiger partial charge in [-0.05, 0) is 31.4 Å². The van der Waals surface area contributed by atoms with Gasteiger partial charge in [0.2, 0.25) is 5.89 Å². The lowest BCUT2D eigenvalue weighted by Gasteiger charge is -2.18. The van der Waals surface area contributed by atoms with Gasteiger partial charge >= 0.3 is 0 Å². The van der Waals surface area contributed by atoms with Gasteiger partial charge in [0.15, 0.2) is 5.82 Å². The summed E-state index contributed by atoms with van der Waals surface area (Å²) in [5.74, 6) is 1.84. The quantitative estimate of drug-likeness (QED) is 0.828. The van der Waals surface area contributed by atoms with E-state index in [1.54, 1.807) is 0 Å². The van der Waals surface area contributed by atoms with Crippen LogP contribution in [0.1, 0.15) is 36.9 Å². The maximum atomic E-state index is 5.46. The Morgan fingerprint density at radius 1 is 1.24 bits per heavy atom. The summed E-state index contributed by atoms with van der Waals surface area (Å²) in [4.78, 5) is 4.49. The molecule has 1 fully saturated rings. The standard InChI is InChI=1S/C16H21N3O2/c1-2-7-14(8-3-1)17-10-4-9-15-18-16(19-21-15)13-6-5-11-20-12-13/h1-3,7-8,13,17H,4-6,9-12H2. The largest absolute Gasteiger partial charge is 0.385 e. The van der Waals surface area contributed by atoms with Gasteiger partial charge in [-0.1, -0.05) is 23.4 Å². The van der Waals surface area contributed by atoms with Crippen LogP contribution in [0.15, 0.2) is 34.9 Å². The van der Waals surface area contributed by atoms with E-state index in [0.717, 1.165) is 56.2 Å². The van der Waals surface area contributed by atoms with E-state index in [4.69, 9.17) is 9.26 Å². The van der Waals surface area contributed by atoms with Crippen LogP contribution in [0.5, 0.6) is 0 Å². The zero-order valence-electron chi connectivity index (χ0n) is 12.1. The number of benzene rings is 1. The van der Waals surface area contributed by atoms with Crippen molar-refractivity contribution < 1.29 is 9.26 Å².